The Balaban J connectivity index is 2.04. The van der Waals surface area contributed by atoms with Gasteiger partial charge in [-0.1, -0.05) is 17.3 Å². The summed E-state index contributed by atoms with van der Waals surface area (Å²) >= 11 is 0. The third-order valence-corrected chi connectivity index (χ3v) is 2.64. The molecule has 19 heavy (non-hydrogen) atoms. The number of amides is 1. The number of hydrogen-bond donors (Lipinski definition) is 2. The molecule has 0 bridgehead atoms. The maximum absolute atomic E-state index is 11.2. The van der Waals surface area contributed by atoms with Gasteiger partial charge in [-0.25, -0.2) is 5.84 Å². The Morgan fingerprint density at radius 3 is 2.95 bits per heavy atom. The number of hydrazine groups is 1. The van der Waals surface area contributed by atoms with Crippen LogP contribution in [0, 0.1) is 13.8 Å². The molecule has 6 nitrogen and oxygen atoms in total. The Labute approximate surface area is 110 Å². The standard InChI is InChI=1S/C13H15N3O3/c1-8-3-4-9(2)12(5-8)18-7-10-6-11(16-19-10)13(17)15-14/h3-6H,7,14H2,1-2H3,(H,15,17). The number of rotatable bonds is 4. The molecule has 0 aliphatic carbocycles. The van der Waals surface area contributed by atoms with Crippen LogP contribution in [0.5, 0.6) is 5.75 Å². The predicted octanol–water partition coefficient (Wildman–Crippen LogP) is 1.47. The van der Waals surface area contributed by atoms with Gasteiger partial charge in [-0.3, -0.25) is 10.2 Å². The lowest BCUT2D eigenvalue weighted by atomic mass is 10.1. The van der Waals surface area contributed by atoms with E-state index in [0.29, 0.717) is 5.76 Å². The first kappa shape index (κ1) is 13.1. The van der Waals surface area contributed by atoms with E-state index < -0.39 is 5.91 Å². The summed E-state index contributed by atoms with van der Waals surface area (Å²) in [7, 11) is 0. The van der Waals surface area contributed by atoms with E-state index in [1.165, 1.54) is 6.07 Å². The van der Waals surface area contributed by atoms with Crippen LogP contribution in [0.25, 0.3) is 0 Å². The molecule has 0 unspecified atom stereocenters. The van der Waals surface area contributed by atoms with E-state index in [9.17, 15) is 4.79 Å². The van der Waals surface area contributed by atoms with Crippen molar-refractivity contribution in [1.29, 1.82) is 0 Å². The number of nitrogens with two attached hydrogens (primary N) is 1. The van der Waals surface area contributed by atoms with Gasteiger partial charge >= 0.3 is 0 Å². The van der Waals surface area contributed by atoms with Crippen LogP contribution < -0.4 is 16.0 Å². The molecule has 1 aromatic carbocycles. The third kappa shape index (κ3) is 3.11. The Kier molecular flexibility index (Phi) is 3.82. The lowest BCUT2D eigenvalue weighted by Crippen LogP contribution is -2.30. The van der Waals surface area contributed by atoms with Gasteiger partial charge in [0, 0.05) is 6.07 Å². The van der Waals surface area contributed by atoms with E-state index in [1.807, 2.05) is 37.5 Å². The van der Waals surface area contributed by atoms with Crippen LogP contribution in [0.1, 0.15) is 27.4 Å². The monoisotopic (exact) mass is 261 g/mol. The molecule has 0 atom stereocenters. The summed E-state index contributed by atoms with van der Waals surface area (Å²) in [5.74, 6) is 5.74. The lowest BCUT2D eigenvalue weighted by molar-refractivity contribution is 0.0944. The fraction of sp³-hybridized carbons (Fsp3) is 0.231. The molecule has 0 radical (unpaired) electrons. The van der Waals surface area contributed by atoms with E-state index >= 15 is 0 Å². The van der Waals surface area contributed by atoms with Gasteiger partial charge in [0.15, 0.2) is 11.5 Å². The van der Waals surface area contributed by atoms with Crippen molar-refractivity contribution in [2.24, 2.45) is 5.84 Å². The number of nitrogen functional groups attached to an aromatic ring is 1. The molecule has 1 amide bonds. The summed E-state index contributed by atoms with van der Waals surface area (Å²) in [5, 5.41) is 3.59. The fourth-order valence-corrected chi connectivity index (χ4v) is 1.57. The SMILES string of the molecule is Cc1ccc(C)c(OCc2cc(C(=O)NN)no2)c1. The van der Waals surface area contributed by atoms with Crippen LogP contribution in [-0.4, -0.2) is 11.1 Å². The molecule has 3 N–H and O–H groups in total. The van der Waals surface area contributed by atoms with Crippen LogP contribution in [-0.2, 0) is 6.61 Å². The minimum absolute atomic E-state index is 0.127. The van der Waals surface area contributed by atoms with Crippen molar-refractivity contribution < 1.29 is 14.1 Å². The van der Waals surface area contributed by atoms with Gasteiger partial charge in [0.25, 0.3) is 5.91 Å². The highest BCUT2D eigenvalue weighted by Crippen LogP contribution is 2.20. The van der Waals surface area contributed by atoms with Gasteiger partial charge in [0.2, 0.25) is 0 Å². The van der Waals surface area contributed by atoms with Gasteiger partial charge in [-0.05, 0) is 31.0 Å². The first-order valence-electron chi connectivity index (χ1n) is 5.76. The smallest absolute Gasteiger partial charge is 0.287 e. The lowest BCUT2D eigenvalue weighted by Gasteiger charge is -2.07. The molecule has 0 aliphatic rings. The molecule has 1 aromatic heterocycles. The zero-order chi connectivity index (χ0) is 13.8. The van der Waals surface area contributed by atoms with Crippen molar-refractivity contribution in [1.82, 2.24) is 10.6 Å². The summed E-state index contributed by atoms with van der Waals surface area (Å²) in [6, 6.07) is 7.44. The van der Waals surface area contributed by atoms with Gasteiger partial charge in [0.1, 0.15) is 12.4 Å². The Morgan fingerprint density at radius 1 is 1.42 bits per heavy atom. The van der Waals surface area contributed by atoms with Crippen molar-refractivity contribution >= 4 is 5.91 Å². The molecular formula is C13H15N3O3. The first-order valence-corrected chi connectivity index (χ1v) is 5.76. The Morgan fingerprint density at radius 2 is 2.21 bits per heavy atom. The van der Waals surface area contributed by atoms with Crippen molar-refractivity contribution in [3.63, 3.8) is 0 Å². The molecule has 2 aromatic rings. The molecule has 1 heterocycles. The number of ether oxygens (including phenoxy) is 1. The molecule has 0 fully saturated rings. The zero-order valence-corrected chi connectivity index (χ0v) is 10.8. The number of aromatic nitrogens is 1. The summed E-state index contributed by atoms with van der Waals surface area (Å²) in [5.41, 5.74) is 4.25. The van der Waals surface area contributed by atoms with Gasteiger partial charge in [0.05, 0.1) is 0 Å². The van der Waals surface area contributed by atoms with E-state index in [4.69, 9.17) is 15.1 Å². The number of hydrogen-bond acceptors (Lipinski definition) is 5. The minimum Gasteiger partial charge on any atom is -0.485 e. The minimum atomic E-state index is -0.498. The van der Waals surface area contributed by atoms with Crippen LogP contribution in [0.4, 0.5) is 0 Å². The van der Waals surface area contributed by atoms with Crippen molar-refractivity contribution in [3.8, 4) is 5.75 Å². The number of nitrogens with zero attached hydrogens (tertiary/aromatic N) is 1. The number of carbonyl (C=O) groups is 1. The van der Waals surface area contributed by atoms with Crippen molar-refractivity contribution in [2.75, 3.05) is 0 Å². The zero-order valence-electron chi connectivity index (χ0n) is 10.8. The highest BCUT2D eigenvalue weighted by atomic mass is 16.5. The van der Waals surface area contributed by atoms with E-state index in [1.54, 1.807) is 0 Å². The molecule has 0 saturated heterocycles. The second kappa shape index (κ2) is 5.53. The molecule has 6 heteroatoms. The van der Waals surface area contributed by atoms with E-state index in [-0.39, 0.29) is 12.3 Å². The van der Waals surface area contributed by atoms with Gasteiger partial charge < -0.3 is 9.26 Å². The van der Waals surface area contributed by atoms with Crippen LogP contribution in [0.3, 0.4) is 0 Å². The number of nitrogens with one attached hydrogen (secondary N) is 1. The van der Waals surface area contributed by atoms with Crippen LogP contribution in [0.15, 0.2) is 28.8 Å². The highest BCUT2D eigenvalue weighted by Gasteiger charge is 2.11. The molecule has 0 saturated carbocycles. The predicted molar refractivity (Wildman–Crippen MR) is 68.4 cm³/mol. The van der Waals surface area contributed by atoms with Crippen LogP contribution >= 0.6 is 0 Å². The largest absolute Gasteiger partial charge is 0.485 e. The molecule has 0 spiro atoms. The van der Waals surface area contributed by atoms with E-state index in [0.717, 1.165) is 16.9 Å². The maximum Gasteiger partial charge on any atom is 0.287 e. The third-order valence-electron chi connectivity index (χ3n) is 2.64. The highest BCUT2D eigenvalue weighted by molar-refractivity contribution is 5.91. The normalized spacial score (nSPS) is 10.3. The fourth-order valence-electron chi connectivity index (χ4n) is 1.57. The number of carbonyl (C=O) groups excluding carboxylic acids is 1. The van der Waals surface area contributed by atoms with Crippen LogP contribution in [0.2, 0.25) is 0 Å². The molecular weight excluding hydrogens is 246 g/mol. The van der Waals surface area contributed by atoms with E-state index in [2.05, 4.69) is 5.16 Å². The van der Waals surface area contributed by atoms with Gasteiger partial charge in [-0.2, -0.15) is 0 Å². The quantitative estimate of drug-likeness (QED) is 0.494. The van der Waals surface area contributed by atoms with Crippen molar-refractivity contribution in [3.05, 3.63) is 46.8 Å². The second-order valence-electron chi connectivity index (χ2n) is 4.21. The summed E-state index contributed by atoms with van der Waals surface area (Å²) in [6.07, 6.45) is 0. The maximum atomic E-state index is 11.2. The second-order valence-corrected chi connectivity index (χ2v) is 4.21. The molecule has 2 rings (SSSR count). The molecule has 0 aliphatic heterocycles. The Bertz CT molecular complexity index is 593. The van der Waals surface area contributed by atoms with Crippen molar-refractivity contribution in [2.45, 2.75) is 20.5 Å². The topological polar surface area (TPSA) is 90.4 Å². The summed E-state index contributed by atoms with van der Waals surface area (Å²) in [4.78, 5) is 11.2. The molecule has 100 valence electrons. The average molecular weight is 261 g/mol. The Hall–Kier alpha value is -2.34. The summed E-state index contributed by atoms with van der Waals surface area (Å²) < 4.78 is 10.6. The first-order chi connectivity index (χ1) is 9.10. The number of aryl methyl sites for hydroxylation is 2. The number of benzene rings is 1. The summed E-state index contributed by atoms with van der Waals surface area (Å²) in [6.45, 7) is 4.15. The average Bonchev–Trinajstić information content (AvgIpc) is 2.88. The van der Waals surface area contributed by atoms with Gasteiger partial charge in [-0.15, -0.1) is 0 Å².